The molecule has 1 spiro atoms. The number of piperidine rings is 1. The van der Waals surface area contributed by atoms with Crippen molar-refractivity contribution in [1.82, 2.24) is 4.90 Å². The van der Waals surface area contributed by atoms with Gasteiger partial charge >= 0.3 is 0 Å². The van der Waals surface area contributed by atoms with E-state index in [2.05, 4.69) is 11.8 Å². The van der Waals surface area contributed by atoms with Crippen molar-refractivity contribution in [2.24, 2.45) is 0 Å². The maximum absolute atomic E-state index is 5.87. The Labute approximate surface area is 93.7 Å². The first-order valence-corrected chi connectivity index (χ1v) is 6.29. The van der Waals surface area contributed by atoms with Crippen LogP contribution in [0.15, 0.2) is 0 Å². The van der Waals surface area contributed by atoms with Gasteiger partial charge in [0, 0.05) is 6.54 Å². The lowest BCUT2D eigenvalue weighted by Gasteiger charge is -2.44. The first-order chi connectivity index (χ1) is 7.35. The predicted octanol–water partition coefficient (Wildman–Crippen LogP) is 1.91. The molecule has 1 atom stereocenters. The van der Waals surface area contributed by atoms with Crippen LogP contribution < -0.4 is 0 Å². The second kappa shape index (κ2) is 6.46. The second-order valence-corrected chi connectivity index (χ2v) is 4.06. The molecule has 0 aliphatic carbocycles. The number of nitrogens with zero attached hydrogens (tertiary/aromatic N) is 1. The van der Waals surface area contributed by atoms with Gasteiger partial charge < -0.3 is 14.4 Å². The van der Waals surface area contributed by atoms with E-state index in [-0.39, 0.29) is 5.60 Å². The zero-order chi connectivity index (χ0) is 11.1. The highest BCUT2D eigenvalue weighted by molar-refractivity contribution is 4.90. The summed E-state index contributed by atoms with van der Waals surface area (Å²) in [5, 5.41) is 0. The quantitative estimate of drug-likeness (QED) is 0.667. The maximum atomic E-state index is 5.87. The number of likely N-dealkylation sites (tertiary alicyclic amines) is 1. The van der Waals surface area contributed by atoms with E-state index in [0.29, 0.717) is 0 Å². The van der Waals surface area contributed by atoms with Crippen LogP contribution in [-0.4, -0.2) is 50.0 Å². The SMILES string of the molecule is CC.CCN1CCCC2(COCCO2)C1. The first kappa shape index (κ1) is 12.9. The Bertz CT molecular complexity index is 161. The minimum Gasteiger partial charge on any atom is -0.376 e. The highest BCUT2D eigenvalue weighted by atomic mass is 16.6. The molecule has 0 bridgehead atoms. The normalized spacial score (nSPS) is 32.2. The molecule has 2 heterocycles. The van der Waals surface area contributed by atoms with Crippen molar-refractivity contribution in [2.45, 2.75) is 39.2 Å². The minimum absolute atomic E-state index is 0.0342. The highest BCUT2D eigenvalue weighted by Gasteiger charge is 2.37. The Balaban J connectivity index is 0.000000531. The number of likely N-dealkylation sites (N-methyl/N-ethyl adjacent to an activating group) is 1. The molecule has 15 heavy (non-hydrogen) atoms. The molecule has 0 amide bonds. The number of ether oxygens (including phenoxy) is 2. The first-order valence-electron chi connectivity index (χ1n) is 6.29. The van der Waals surface area contributed by atoms with Gasteiger partial charge in [-0.3, -0.25) is 0 Å². The van der Waals surface area contributed by atoms with Crippen molar-refractivity contribution in [3.8, 4) is 0 Å². The lowest BCUT2D eigenvalue weighted by molar-refractivity contribution is -0.179. The lowest BCUT2D eigenvalue weighted by atomic mass is 9.93. The van der Waals surface area contributed by atoms with E-state index < -0.39 is 0 Å². The predicted molar refractivity (Wildman–Crippen MR) is 62.2 cm³/mol. The molecule has 2 aliphatic rings. The third kappa shape index (κ3) is 3.44. The summed E-state index contributed by atoms with van der Waals surface area (Å²) >= 11 is 0. The van der Waals surface area contributed by atoms with Crippen molar-refractivity contribution in [1.29, 1.82) is 0 Å². The van der Waals surface area contributed by atoms with Crippen LogP contribution in [0.4, 0.5) is 0 Å². The summed E-state index contributed by atoms with van der Waals surface area (Å²) in [5.74, 6) is 0. The van der Waals surface area contributed by atoms with E-state index in [1.165, 1.54) is 19.4 Å². The third-order valence-electron chi connectivity index (χ3n) is 3.07. The van der Waals surface area contributed by atoms with Gasteiger partial charge in [0.05, 0.1) is 19.8 Å². The van der Waals surface area contributed by atoms with E-state index in [1.807, 2.05) is 13.8 Å². The van der Waals surface area contributed by atoms with Crippen molar-refractivity contribution in [3.05, 3.63) is 0 Å². The molecule has 0 saturated carbocycles. The maximum Gasteiger partial charge on any atom is 0.104 e. The molecule has 0 aromatic heterocycles. The van der Waals surface area contributed by atoms with Crippen molar-refractivity contribution >= 4 is 0 Å². The van der Waals surface area contributed by atoms with E-state index in [9.17, 15) is 0 Å². The fourth-order valence-electron chi connectivity index (χ4n) is 2.31. The molecule has 0 radical (unpaired) electrons. The lowest BCUT2D eigenvalue weighted by Crippen LogP contribution is -2.55. The van der Waals surface area contributed by atoms with Crippen LogP contribution in [0.25, 0.3) is 0 Å². The van der Waals surface area contributed by atoms with Gasteiger partial charge in [-0.15, -0.1) is 0 Å². The summed E-state index contributed by atoms with van der Waals surface area (Å²) in [4.78, 5) is 2.46. The molecule has 2 rings (SSSR count). The van der Waals surface area contributed by atoms with Gasteiger partial charge in [0.15, 0.2) is 0 Å². The fraction of sp³-hybridized carbons (Fsp3) is 1.00. The Kier molecular flexibility index (Phi) is 5.58. The molecule has 2 saturated heterocycles. The molecule has 0 aromatic carbocycles. The molecule has 2 aliphatic heterocycles. The second-order valence-electron chi connectivity index (χ2n) is 4.06. The van der Waals surface area contributed by atoms with Crippen LogP contribution >= 0.6 is 0 Å². The fourth-order valence-corrected chi connectivity index (χ4v) is 2.31. The van der Waals surface area contributed by atoms with Gasteiger partial charge in [-0.1, -0.05) is 20.8 Å². The van der Waals surface area contributed by atoms with Gasteiger partial charge in [0.1, 0.15) is 5.60 Å². The zero-order valence-electron chi connectivity index (χ0n) is 10.4. The summed E-state index contributed by atoms with van der Waals surface area (Å²) in [6.07, 6.45) is 2.42. The summed E-state index contributed by atoms with van der Waals surface area (Å²) in [5.41, 5.74) is 0.0342. The molecular formula is C12H25NO2. The number of rotatable bonds is 1. The Hall–Kier alpha value is -0.120. The van der Waals surface area contributed by atoms with Crippen LogP contribution in [0, 0.1) is 0 Å². The highest BCUT2D eigenvalue weighted by Crippen LogP contribution is 2.27. The molecule has 90 valence electrons. The van der Waals surface area contributed by atoms with Gasteiger partial charge in [-0.2, -0.15) is 0 Å². The topological polar surface area (TPSA) is 21.7 Å². The standard InChI is InChI=1S/C10H19NO2.C2H6/c1-2-11-5-3-4-10(8-11)9-12-6-7-13-10;1-2/h2-9H2,1H3;1-2H3. The van der Waals surface area contributed by atoms with Crippen molar-refractivity contribution in [2.75, 3.05) is 39.5 Å². The Morgan fingerprint density at radius 2 is 2.07 bits per heavy atom. The van der Waals surface area contributed by atoms with E-state index in [1.54, 1.807) is 0 Å². The monoisotopic (exact) mass is 215 g/mol. The molecule has 0 aromatic rings. The van der Waals surface area contributed by atoms with Crippen LogP contribution in [0.1, 0.15) is 33.6 Å². The molecule has 2 fully saturated rings. The van der Waals surface area contributed by atoms with Crippen LogP contribution in [0.2, 0.25) is 0 Å². The smallest absolute Gasteiger partial charge is 0.104 e. The van der Waals surface area contributed by atoms with Crippen molar-refractivity contribution < 1.29 is 9.47 Å². The van der Waals surface area contributed by atoms with E-state index in [0.717, 1.165) is 32.9 Å². The van der Waals surface area contributed by atoms with Gasteiger partial charge in [0.25, 0.3) is 0 Å². The van der Waals surface area contributed by atoms with E-state index >= 15 is 0 Å². The Morgan fingerprint density at radius 1 is 1.27 bits per heavy atom. The zero-order valence-corrected chi connectivity index (χ0v) is 10.4. The van der Waals surface area contributed by atoms with Crippen LogP contribution in [0.3, 0.4) is 0 Å². The third-order valence-corrected chi connectivity index (χ3v) is 3.07. The number of hydrogen-bond donors (Lipinski definition) is 0. The minimum atomic E-state index is 0.0342. The molecule has 3 nitrogen and oxygen atoms in total. The summed E-state index contributed by atoms with van der Waals surface area (Å²) < 4.78 is 11.4. The largest absolute Gasteiger partial charge is 0.376 e. The van der Waals surface area contributed by atoms with Gasteiger partial charge in [-0.25, -0.2) is 0 Å². The Morgan fingerprint density at radius 3 is 2.67 bits per heavy atom. The van der Waals surface area contributed by atoms with Crippen LogP contribution in [-0.2, 0) is 9.47 Å². The molecule has 0 N–H and O–H groups in total. The summed E-state index contributed by atoms with van der Waals surface area (Å²) in [6, 6.07) is 0. The van der Waals surface area contributed by atoms with Gasteiger partial charge in [0.2, 0.25) is 0 Å². The van der Waals surface area contributed by atoms with Crippen molar-refractivity contribution in [3.63, 3.8) is 0 Å². The summed E-state index contributed by atoms with van der Waals surface area (Å²) in [6.45, 7) is 12.0. The van der Waals surface area contributed by atoms with Crippen LogP contribution in [0.5, 0.6) is 0 Å². The average molecular weight is 215 g/mol. The average Bonchev–Trinajstić information content (AvgIpc) is 2.33. The molecule has 3 heteroatoms. The van der Waals surface area contributed by atoms with Gasteiger partial charge in [-0.05, 0) is 25.9 Å². The number of hydrogen-bond acceptors (Lipinski definition) is 3. The van der Waals surface area contributed by atoms with E-state index in [4.69, 9.17) is 9.47 Å². The molecule has 1 unspecified atom stereocenters. The molecular weight excluding hydrogens is 190 g/mol. The summed E-state index contributed by atoms with van der Waals surface area (Å²) in [7, 11) is 0.